The van der Waals surface area contributed by atoms with E-state index in [0.29, 0.717) is 0 Å². The third kappa shape index (κ3) is 5.80. The first-order chi connectivity index (χ1) is 18.0. The molecule has 3 aromatic rings. The summed E-state index contributed by atoms with van der Waals surface area (Å²) in [5, 5.41) is 2.62. The molecule has 1 aliphatic heterocycles. The number of methoxy groups -OCH3 is 1. The van der Waals surface area contributed by atoms with E-state index in [4.69, 9.17) is 9.47 Å². The minimum Gasteiger partial charge on any atom is -0.495 e. The van der Waals surface area contributed by atoms with E-state index in [1.807, 2.05) is 0 Å². The van der Waals surface area contributed by atoms with E-state index in [0.717, 1.165) is 12.1 Å². The summed E-state index contributed by atoms with van der Waals surface area (Å²) in [4.78, 5) is 13.0. The fourth-order valence-corrected chi connectivity index (χ4v) is 6.43. The number of carbonyl (C=O) groups excluding carboxylic acids is 1. The Kier molecular flexibility index (Phi) is 8.02. The average Bonchev–Trinajstić information content (AvgIpc) is 2.90. The largest absolute Gasteiger partial charge is 0.495 e. The normalized spacial score (nSPS) is 14.6. The fraction of sp³-hybridized carbons (Fsp3) is 0.240. The molecule has 0 atom stereocenters. The number of halogens is 1. The summed E-state index contributed by atoms with van der Waals surface area (Å²) in [5.74, 6) is -1.05. The Balaban J connectivity index is 1.63. The van der Waals surface area contributed by atoms with Crippen LogP contribution in [-0.2, 0) is 24.8 Å². The van der Waals surface area contributed by atoms with Crippen LogP contribution >= 0.6 is 0 Å². The van der Waals surface area contributed by atoms with Crippen LogP contribution in [0.15, 0.2) is 70.5 Å². The lowest BCUT2D eigenvalue weighted by Gasteiger charge is -2.26. The molecule has 202 valence electrons. The Bertz CT molecular complexity index is 1570. The molecule has 1 amide bonds. The minimum atomic E-state index is -4.15. The van der Waals surface area contributed by atoms with Gasteiger partial charge >= 0.3 is 0 Å². The molecular weight excluding hydrogens is 537 g/mol. The van der Waals surface area contributed by atoms with Crippen LogP contribution in [0.3, 0.4) is 0 Å². The van der Waals surface area contributed by atoms with Crippen molar-refractivity contribution in [2.45, 2.75) is 16.7 Å². The van der Waals surface area contributed by atoms with Gasteiger partial charge in [-0.05, 0) is 61.0 Å². The molecule has 0 unspecified atom stereocenters. The Hall–Kier alpha value is -3.52. The molecule has 1 saturated heterocycles. The van der Waals surface area contributed by atoms with Gasteiger partial charge in [0.25, 0.3) is 15.9 Å². The van der Waals surface area contributed by atoms with E-state index in [-0.39, 0.29) is 64.3 Å². The number of rotatable bonds is 8. The van der Waals surface area contributed by atoms with Crippen LogP contribution in [0.4, 0.5) is 15.8 Å². The number of nitrogens with zero attached hydrogens (tertiary/aromatic N) is 1. The third-order valence-corrected chi connectivity index (χ3v) is 9.14. The van der Waals surface area contributed by atoms with Crippen LogP contribution < -0.4 is 14.8 Å². The highest BCUT2D eigenvalue weighted by Gasteiger charge is 2.28. The third-order valence-electron chi connectivity index (χ3n) is 5.88. The molecule has 0 spiro atoms. The quantitative estimate of drug-likeness (QED) is 0.430. The van der Waals surface area contributed by atoms with Gasteiger partial charge in [-0.2, -0.15) is 4.31 Å². The number of aryl methyl sites for hydroxylation is 1. The number of hydrogen-bond donors (Lipinski definition) is 2. The number of para-hydroxylation sites is 1. The number of hydrogen-bond acceptors (Lipinski definition) is 7. The molecule has 4 rings (SSSR count). The van der Waals surface area contributed by atoms with Gasteiger partial charge in [0.1, 0.15) is 11.6 Å². The van der Waals surface area contributed by atoms with E-state index in [1.165, 1.54) is 54.7 Å². The maximum absolute atomic E-state index is 13.6. The van der Waals surface area contributed by atoms with Crippen molar-refractivity contribution in [2.24, 2.45) is 0 Å². The van der Waals surface area contributed by atoms with Crippen molar-refractivity contribution in [3.05, 3.63) is 77.6 Å². The molecule has 13 heteroatoms. The van der Waals surface area contributed by atoms with E-state index in [2.05, 4.69) is 10.0 Å². The maximum atomic E-state index is 13.6. The number of anilines is 2. The second-order valence-electron chi connectivity index (χ2n) is 8.39. The number of ether oxygens (including phenoxy) is 2. The lowest BCUT2D eigenvalue weighted by atomic mass is 10.1. The summed E-state index contributed by atoms with van der Waals surface area (Å²) < 4.78 is 79.9. The van der Waals surface area contributed by atoms with Gasteiger partial charge < -0.3 is 14.8 Å². The zero-order valence-corrected chi connectivity index (χ0v) is 22.2. The SMILES string of the molecule is COc1ccc(S(=O)(=O)N2CCOCC2)cc1NC(=O)c1ccccc1NS(=O)(=O)c1ccc(F)c(C)c1. The van der Waals surface area contributed by atoms with E-state index >= 15 is 0 Å². The van der Waals surface area contributed by atoms with E-state index in [9.17, 15) is 26.0 Å². The van der Waals surface area contributed by atoms with Crippen LogP contribution in [0.2, 0.25) is 0 Å². The predicted molar refractivity (Wildman–Crippen MR) is 139 cm³/mol. The number of sulfonamides is 2. The topological polar surface area (TPSA) is 131 Å². The second-order valence-corrected chi connectivity index (χ2v) is 12.0. The van der Waals surface area contributed by atoms with Gasteiger partial charge in [0.15, 0.2) is 0 Å². The van der Waals surface area contributed by atoms with Gasteiger partial charge in [0, 0.05) is 13.1 Å². The number of nitrogens with one attached hydrogen (secondary N) is 2. The highest BCUT2D eigenvalue weighted by molar-refractivity contribution is 7.92. The lowest BCUT2D eigenvalue weighted by Crippen LogP contribution is -2.40. The first-order valence-corrected chi connectivity index (χ1v) is 14.4. The summed E-state index contributed by atoms with van der Waals surface area (Å²) in [5.41, 5.74) is 0.179. The van der Waals surface area contributed by atoms with Crippen molar-refractivity contribution in [1.29, 1.82) is 0 Å². The first-order valence-electron chi connectivity index (χ1n) is 11.5. The number of benzene rings is 3. The Morgan fingerprint density at radius 3 is 2.32 bits per heavy atom. The molecule has 0 radical (unpaired) electrons. The molecule has 10 nitrogen and oxygen atoms in total. The van der Waals surface area contributed by atoms with Gasteiger partial charge in [-0.1, -0.05) is 12.1 Å². The van der Waals surface area contributed by atoms with Crippen LogP contribution in [0.5, 0.6) is 5.75 Å². The summed E-state index contributed by atoms with van der Waals surface area (Å²) in [6, 6.07) is 13.3. The Morgan fingerprint density at radius 2 is 1.63 bits per heavy atom. The van der Waals surface area contributed by atoms with Crippen molar-refractivity contribution in [2.75, 3.05) is 43.5 Å². The van der Waals surface area contributed by atoms with E-state index < -0.39 is 31.8 Å². The molecule has 1 aliphatic rings. The molecule has 1 heterocycles. The lowest BCUT2D eigenvalue weighted by molar-refractivity contribution is 0.0730. The first kappa shape index (κ1) is 27.5. The monoisotopic (exact) mass is 563 g/mol. The number of carbonyl (C=O) groups is 1. The predicted octanol–water partition coefficient (Wildman–Crippen LogP) is 3.22. The summed E-state index contributed by atoms with van der Waals surface area (Å²) in [7, 11) is -6.63. The Labute approximate surface area is 220 Å². The zero-order chi connectivity index (χ0) is 27.5. The molecule has 38 heavy (non-hydrogen) atoms. The van der Waals surface area contributed by atoms with Crippen molar-refractivity contribution in [1.82, 2.24) is 4.31 Å². The molecule has 1 fully saturated rings. The van der Waals surface area contributed by atoms with E-state index in [1.54, 1.807) is 12.1 Å². The van der Waals surface area contributed by atoms with Gasteiger partial charge in [-0.25, -0.2) is 21.2 Å². The highest BCUT2D eigenvalue weighted by atomic mass is 32.2. The molecule has 0 saturated carbocycles. The smallest absolute Gasteiger partial charge is 0.261 e. The number of amides is 1. The summed E-state index contributed by atoms with van der Waals surface area (Å²) >= 11 is 0. The van der Waals surface area contributed by atoms with Crippen molar-refractivity contribution in [3.8, 4) is 5.75 Å². The highest BCUT2D eigenvalue weighted by Crippen LogP contribution is 2.31. The maximum Gasteiger partial charge on any atom is 0.261 e. The molecule has 0 bridgehead atoms. The van der Waals surface area contributed by atoms with Crippen LogP contribution in [0.25, 0.3) is 0 Å². The van der Waals surface area contributed by atoms with Crippen molar-refractivity contribution in [3.63, 3.8) is 0 Å². The molecule has 3 aromatic carbocycles. The standard InChI is InChI=1S/C25H26FN3O7S2/c1-17-15-18(7-9-21(17)26)37(31,32)28-22-6-4-3-5-20(22)25(30)27-23-16-19(8-10-24(23)35-2)38(33,34)29-11-13-36-14-12-29/h3-10,15-16,28H,11-14H2,1-2H3,(H,27,30). The molecule has 0 aromatic heterocycles. The van der Waals surface area contributed by atoms with Gasteiger partial charge in [-0.15, -0.1) is 0 Å². The van der Waals surface area contributed by atoms with Gasteiger partial charge in [0.2, 0.25) is 10.0 Å². The average molecular weight is 564 g/mol. The minimum absolute atomic E-state index is 0.0250. The van der Waals surface area contributed by atoms with Crippen molar-refractivity contribution >= 4 is 37.3 Å². The summed E-state index contributed by atoms with van der Waals surface area (Å²) in [6.07, 6.45) is 0. The fourth-order valence-electron chi connectivity index (χ4n) is 3.83. The van der Waals surface area contributed by atoms with Crippen LogP contribution in [0.1, 0.15) is 15.9 Å². The van der Waals surface area contributed by atoms with Crippen LogP contribution in [-0.4, -0.2) is 60.5 Å². The van der Waals surface area contributed by atoms with Crippen molar-refractivity contribution < 1.29 is 35.5 Å². The molecular formula is C25H26FN3O7S2. The second kappa shape index (κ2) is 11.1. The van der Waals surface area contributed by atoms with Gasteiger partial charge in [-0.3, -0.25) is 9.52 Å². The number of morpholine rings is 1. The molecule has 2 N–H and O–H groups in total. The Morgan fingerprint density at radius 1 is 0.947 bits per heavy atom. The van der Waals surface area contributed by atoms with Crippen LogP contribution in [0, 0.1) is 12.7 Å². The molecule has 0 aliphatic carbocycles. The summed E-state index contributed by atoms with van der Waals surface area (Å²) in [6.45, 7) is 2.41. The van der Waals surface area contributed by atoms with Gasteiger partial charge in [0.05, 0.1) is 47.1 Å². The zero-order valence-electron chi connectivity index (χ0n) is 20.6.